The maximum absolute atomic E-state index is 13.2. The summed E-state index contributed by atoms with van der Waals surface area (Å²) in [4.78, 5) is 73.4. The molecule has 8 atom stereocenters. The van der Waals surface area contributed by atoms with E-state index in [0.29, 0.717) is 25.7 Å². The Morgan fingerprint density at radius 1 is 0.262 bits per heavy atom. The molecule has 0 bridgehead atoms. The van der Waals surface area contributed by atoms with Gasteiger partial charge in [0.05, 0.1) is 26.4 Å². The maximum Gasteiger partial charge on any atom is 0.472 e. The van der Waals surface area contributed by atoms with Gasteiger partial charge >= 0.3 is 39.5 Å². The fourth-order valence-electron chi connectivity index (χ4n) is 13.6. The van der Waals surface area contributed by atoms with E-state index in [1.54, 1.807) is 0 Å². The van der Waals surface area contributed by atoms with Gasteiger partial charge in [-0.2, -0.15) is 0 Å². The molecule has 0 spiro atoms. The Morgan fingerprint density at radius 3 is 0.664 bits per heavy atom. The monoisotopic (exact) mass is 1560 g/mol. The van der Waals surface area contributed by atoms with Crippen molar-refractivity contribution in [2.24, 2.45) is 23.7 Å². The lowest BCUT2D eigenvalue weighted by Gasteiger charge is -2.21. The minimum atomic E-state index is -4.97. The molecule has 0 amide bonds. The van der Waals surface area contributed by atoms with Crippen molar-refractivity contribution in [1.82, 2.24) is 0 Å². The molecule has 0 saturated carbocycles. The Labute approximate surface area is 658 Å². The van der Waals surface area contributed by atoms with Crippen molar-refractivity contribution in [3.05, 3.63) is 0 Å². The van der Waals surface area contributed by atoms with Crippen LogP contribution in [0.1, 0.15) is 460 Å². The number of ether oxygens (including phenoxy) is 4. The first-order chi connectivity index (χ1) is 51.7. The SMILES string of the molecule is CCC(C)CCCCCCCCCCCCCCCCC(=O)OC[C@H](COP(=O)(O)OC[C@@H](O)COP(=O)(O)OC[C@@H](COC(=O)CCCCCCCCCCC(C)CC)OC(=O)CCCCCCCCCCCCCCCCC(C)CC)OC(=O)CCCCCCCCCCCCCCCCCCC(C)C. The van der Waals surface area contributed by atoms with E-state index in [4.69, 9.17) is 37.0 Å². The third kappa shape index (κ3) is 77.8. The minimum Gasteiger partial charge on any atom is -0.462 e. The third-order valence-electron chi connectivity index (χ3n) is 21.7. The molecule has 17 nitrogen and oxygen atoms in total. The van der Waals surface area contributed by atoms with Gasteiger partial charge in [0.25, 0.3) is 0 Å². The molecule has 0 aromatic rings. The van der Waals surface area contributed by atoms with Crippen LogP contribution in [0.2, 0.25) is 0 Å². The van der Waals surface area contributed by atoms with Gasteiger partial charge < -0.3 is 33.8 Å². The second-order valence-corrected chi connectivity index (χ2v) is 35.7. The zero-order valence-electron chi connectivity index (χ0n) is 70.8. The Bertz CT molecular complexity index is 2080. The summed E-state index contributed by atoms with van der Waals surface area (Å²) in [5.74, 6) is 1.18. The molecule has 0 rings (SSSR count). The highest BCUT2D eigenvalue weighted by atomic mass is 31.2. The minimum absolute atomic E-state index is 0.107. The zero-order chi connectivity index (χ0) is 78.8. The molecule has 636 valence electrons. The molecule has 5 unspecified atom stereocenters. The van der Waals surface area contributed by atoms with Crippen LogP contribution in [0.25, 0.3) is 0 Å². The van der Waals surface area contributed by atoms with Gasteiger partial charge in [0.2, 0.25) is 0 Å². The van der Waals surface area contributed by atoms with Crippen molar-refractivity contribution in [2.75, 3.05) is 39.6 Å². The van der Waals surface area contributed by atoms with Crippen molar-refractivity contribution >= 4 is 39.5 Å². The molecule has 107 heavy (non-hydrogen) atoms. The van der Waals surface area contributed by atoms with Crippen molar-refractivity contribution in [3.63, 3.8) is 0 Å². The molecule has 19 heteroatoms. The van der Waals surface area contributed by atoms with Crippen LogP contribution in [-0.4, -0.2) is 96.7 Å². The molecule has 0 heterocycles. The van der Waals surface area contributed by atoms with E-state index in [-0.39, 0.29) is 25.7 Å². The van der Waals surface area contributed by atoms with Crippen LogP contribution in [0.4, 0.5) is 0 Å². The average Bonchev–Trinajstić information content (AvgIpc) is 0.901. The van der Waals surface area contributed by atoms with Gasteiger partial charge in [-0.05, 0) is 49.4 Å². The van der Waals surface area contributed by atoms with E-state index in [2.05, 4.69) is 55.4 Å². The molecule has 0 aliphatic rings. The lowest BCUT2D eigenvalue weighted by atomic mass is 9.99. The lowest BCUT2D eigenvalue weighted by molar-refractivity contribution is -0.161. The fourth-order valence-corrected chi connectivity index (χ4v) is 15.2. The van der Waals surface area contributed by atoms with Crippen LogP contribution in [0, 0.1) is 23.7 Å². The van der Waals surface area contributed by atoms with E-state index in [9.17, 15) is 43.2 Å². The van der Waals surface area contributed by atoms with E-state index >= 15 is 0 Å². The first-order valence-corrected chi connectivity index (χ1v) is 48.3. The number of aliphatic hydroxyl groups excluding tert-OH is 1. The summed E-state index contributed by atoms with van der Waals surface area (Å²) in [6.07, 6.45) is 66.4. The lowest BCUT2D eigenvalue weighted by Crippen LogP contribution is -2.30. The third-order valence-corrected chi connectivity index (χ3v) is 23.6. The highest BCUT2D eigenvalue weighted by molar-refractivity contribution is 7.47. The number of carbonyl (C=O) groups excluding carboxylic acids is 4. The summed E-state index contributed by atoms with van der Waals surface area (Å²) in [6.45, 7) is 14.4. The summed E-state index contributed by atoms with van der Waals surface area (Å²) < 4.78 is 69.0. The quantitative estimate of drug-likeness (QED) is 0.0222. The number of hydrogen-bond donors (Lipinski definition) is 3. The molecule has 0 aliphatic heterocycles. The van der Waals surface area contributed by atoms with E-state index < -0.39 is 97.5 Å². The topological polar surface area (TPSA) is 237 Å². The van der Waals surface area contributed by atoms with Crippen LogP contribution >= 0.6 is 15.6 Å². The Morgan fingerprint density at radius 2 is 0.449 bits per heavy atom. The number of rotatable bonds is 85. The summed E-state index contributed by atoms with van der Waals surface area (Å²) >= 11 is 0. The molecule has 0 fully saturated rings. The number of aliphatic hydroxyl groups is 1. The second kappa shape index (κ2) is 76.7. The molecule has 0 saturated heterocycles. The molecular weight excluding hydrogens is 1390 g/mol. The second-order valence-electron chi connectivity index (χ2n) is 32.8. The van der Waals surface area contributed by atoms with Crippen LogP contribution in [0.5, 0.6) is 0 Å². The number of phosphoric acid groups is 2. The Kier molecular flexibility index (Phi) is 75.3. The van der Waals surface area contributed by atoms with Gasteiger partial charge in [0, 0.05) is 25.7 Å². The Balaban J connectivity index is 5.27. The largest absolute Gasteiger partial charge is 0.472 e. The highest BCUT2D eigenvalue weighted by Crippen LogP contribution is 2.45. The number of hydrogen-bond acceptors (Lipinski definition) is 15. The number of unbranched alkanes of at least 4 members (excludes halogenated alkanes) is 48. The number of phosphoric ester groups is 2. The fraction of sp³-hybridized carbons (Fsp3) is 0.955. The van der Waals surface area contributed by atoms with Crippen LogP contribution in [0.3, 0.4) is 0 Å². The van der Waals surface area contributed by atoms with Crippen LogP contribution < -0.4 is 0 Å². The standard InChI is InChI=1S/C88H172O17P2/c1-9-79(6)65-57-49-41-33-27-21-16-18-23-29-35-44-52-60-68-85(90)98-74-83(104-87(92)70-62-54-46-36-30-24-15-13-12-14-20-26-32-40-48-56-64-78(4)5)76-102-106(94,95)100-72-82(89)73-101-107(96,97)103-77-84(75-99-86(91)69-61-53-45-39-38-43-51-59-67-81(8)11-3)105-88(93)71-63-55-47-37-31-25-19-17-22-28-34-42-50-58-66-80(7)10-2/h78-84,89H,9-77H2,1-8H3,(H,94,95)(H,96,97)/t79?,80?,81?,82-,83-,84-/m1/s1. The van der Waals surface area contributed by atoms with Crippen molar-refractivity contribution in [1.29, 1.82) is 0 Å². The Hall–Kier alpha value is -1.94. The van der Waals surface area contributed by atoms with Crippen molar-refractivity contribution in [2.45, 2.75) is 478 Å². The average molecular weight is 1560 g/mol. The molecule has 0 aromatic heterocycles. The molecule has 0 aliphatic carbocycles. The van der Waals surface area contributed by atoms with Crippen molar-refractivity contribution in [3.8, 4) is 0 Å². The van der Waals surface area contributed by atoms with Gasteiger partial charge in [0.15, 0.2) is 12.2 Å². The van der Waals surface area contributed by atoms with Crippen LogP contribution in [0.15, 0.2) is 0 Å². The summed E-state index contributed by atoms with van der Waals surface area (Å²) in [5.41, 5.74) is 0. The van der Waals surface area contributed by atoms with E-state index in [0.717, 1.165) is 114 Å². The van der Waals surface area contributed by atoms with Crippen LogP contribution in [-0.2, 0) is 65.4 Å². The first-order valence-electron chi connectivity index (χ1n) is 45.3. The first kappa shape index (κ1) is 105. The van der Waals surface area contributed by atoms with Gasteiger partial charge in [-0.1, -0.05) is 409 Å². The van der Waals surface area contributed by atoms with Gasteiger partial charge in [-0.15, -0.1) is 0 Å². The predicted octanol–water partition coefficient (Wildman–Crippen LogP) is 26.7. The zero-order valence-corrected chi connectivity index (χ0v) is 72.6. The summed E-state index contributed by atoms with van der Waals surface area (Å²) in [7, 11) is -9.94. The van der Waals surface area contributed by atoms with Gasteiger partial charge in [-0.25, -0.2) is 9.13 Å². The molecule has 3 N–H and O–H groups in total. The number of esters is 4. The molecule has 0 radical (unpaired) electrons. The van der Waals surface area contributed by atoms with Crippen molar-refractivity contribution < 1.29 is 80.2 Å². The molecule has 0 aromatic carbocycles. The normalized spacial score (nSPS) is 14.7. The smallest absolute Gasteiger partial charge is 0.462 e. The predicted molar refractivity (Wildman–Crippen MR) is 441 cm³/mol. The van der Waals surface area contributed by atoms with E-state index in [1.807, 2.05) is 0 Å². The van der Waals surface area contributed by atoms with E-state index in [1.165, 1.54) is 263 Å². The summed E-state index contributed by atoms with van der Waals surface area (Å²) in [5, 5.41) is 10.7. The molecular formula is C88H172O17P2. The number of carbonyl (C=O) groups is 4. The van der Waals surface area contributed by atoms with Gasteiger partial charge in [0.1, 0.15) is 19.3 Å². The van der Waals surface area contributed by atoms with Gasteiger partial charge in [-0.3, -0.25) is 37.3 Å². The maximum atomic E-state index is 13.2. The highest BCUT2D eigenvalue weighted by Gasteiger charge is 2.31. The summed E-state index contributed by atoms with van der Waals surface area (Å²) in [6, 6.07) is 0.